The van der Waals surface area contributed by atoms with Gasteiger partial charge in [-0.3, -0.25) is 0 Å². The summed E-state index contributed by atoms with van der Waals surface area (Å²) in [5.41, 5.74) is 0. The van der Waals surface area contributed by atoms with E-state index in [2.05, 4.69) is 12.0 Å². The Morgan fingerprint density at radius 2 is 2.08 bits per heavy atom. The molecule has 1 aliphatic heterocycles. The van der Waals surface area contributed by atoms with Gasteiger partial charge in [0.15, 0.2) is 0 Å². The van der Waals surface area contributed by atoms with Gasteiger partial charge in [-0.25, -0.2) is 0 Å². The average molecular weight is 188 g/mol. The highest BCUT2D eigenvalue weighted by Crippen LogP contribution is 2.21. The van der Waals surface area contributed by atoms with E-state index in [0.717, 1.165) is 0 Å². The van der Waals surface area contributed by atoms with Gasteiger partial charge in [0.05, 0.1) is 6.61 Å². The fourth-order valence-electron chi connectivity index (χ4n) is 1.08. The maximum Gasteiger partial charge on any atom is 0.239 e. The molecule has 0 amide bonds. The van der Waals surface area contributed by atoms with E-state index in [1.807, 2.05) is 0 Å². The fraction of sp³-hybridized carbons (Fsp3) is 0.750. The summed E-state index contributed by atoms with van der Waals surface area (Å²) in [5, 5.41) is 27.3. The van der Waals surface area contributed by atoms with Crippen molar-refractivity contribution in [3.8, 4) is 12.0 Å². The Bertz CT molecular complexity index is 218. The van der Waals surface area contributed by atoms with Crippen molar-refractivity contribution in [1.82, 2.24) is 0 Å². The Hall–Kier alpha value is -0.800. The highest BCUT2D eigenvalue weighted by atomic mass is 16.7. The van der Waals surface area contributed by atoms with E-state index in [0.29, 0.717) is 0 Å². The van der Waals surface area contributed by atoms with Crippen molar-refractivity contribution in [2.45, 2.75) is 31.5 Å². The van der Waals surface area contributed by atoms with Crippen LogP contribution in [0.2, 0.25) is 0 Å². The van der Waals surface area contributed by atoms with E-state index >= 15 is 0 Å². The molecule has 0 aromatic heterocycles. The first-order valence-electron chi connectivity index (χ1n) is 3.90. The number of hydrogen-bond donors (Lipinski definition) is 3. The van der Waals surface area contributed by atoms with Crippen LogP contribution in [-0.2, 0) is 9.47 Å². The second kappa shape index (κ2) is 4.44. The van der Waals surface area contributed by atoms with Gasteiger partial charge in [-0.2, -0.15) is 0 Å². The molecule has 0 spiro atoms. The molecule has 0 bridgehead atoms. The molecule has 0 unspecified atom stereocenters. The minimum atomic E-state index is -1.17. The Labute approximate surface area is 75.9 Å². The lowest BCUT2D eigenvalue weighted by Crippen LogP contribution is -2.34. The van der Waals surface area contributed by atoms with Gasteiger partial charge < -0.3 is 24.8 Å². The Kier molecular flexibility index (Phi) is 3.51. The van der Waals surface area contributed by atoms with Gasteiger partial charge in [-0.1, -0.05) is 5.92 Å². The average Bonchev–Trinajstić information content (AvgIpc) is 2.41. The van der Waals surface area contributed by atoms with Crippen LogP contribution in [0.4, 0.5) is 0 Å². The van der Waals surface area contributed by atoms with E-state index in [-0.39, 0.29) is 6.61 Å². The lowest BCUT2D eigenvalue weighted by molar-refractivity contribution is -0.131. The summed E-state index contributed by atoms with van der Waals surface area (Å²) < 4.78 is 9.72. The lowest BCUT2D eigenvalue weighted by atomic mass is 10.1. The number of aliphatic hydroxyl groups excluding tert-OH is 3. The van der Waals surface area contributed by atoms with Gasteiger partial charge in [-0.15, -0.1) is 0 Å². The second-order valence-electron chi connectivity index (χ2n) is 2.68. The van der Waals surface area contributed by atoms with E-state index in [1.165, 1.54) is 0 Å². The van der Waals surface area contributed by atoms with E-state index in [1.54, 1.807) is 6.92 Å². The van der Waals surface area contributed by atoms with Gasteiger partial charge in [0, 0.05) is 6.92 Å². The first-order chi connectivity index (χ1) is 6.20. The summed E-state index contributed by atoms with van der Waals surface area (Å²) in [5.74, 6) is 2.46. The van der Waals surface area contributed by atoms with E-state index in [4.69, 9.17) is 14.6 Å². The SMILES string of the molecule is CC#CO[C@@H]1O[C@H](CO)[C@@H](O)[C@H]1O. The van der Waals surface area contributed by atoms with Gasteiger partial charge in [0.1, 0.15) is 24.4 Å². The van der Waals surface area contributed by atoms with Crippen molar-refractivity contribution >= 4 is 0 Å². The fourth-order valence-corrected chi connectivity index (χ4v) is 1.08. The molecule has 0 radical (unpaired) electrons. The molecule has 1 rings (SSSR count). The van der Waals surface area contributed by atoms with Crippen LogP contribution in [0.25, 0.3) is 0 Å². The van der Waals surface area contributed by atoms with E-state index in [9.17, 15) is 10.2 Å². The monoisotopic (exact) mass is 188 g/mol. The summed E-state index contributed by atoms with van der Waals surface area (Å²) in [6.07, 6.45) is -1.83. The molecule has 74 valence electrons. The number of aliphatic hydroxyl groups is 3. The Morgan fingerprint density at radius 3 is 2.54 bits per heavy atom. The van der Waals surface area contributed by atoms with Crippen LogP contribution in [-0.4, -0.2) is 46.5 Å². The van der Waals surface area contributed by atoms with Crippen LogP contribution in [0.15, 0.2) is 0 Å². The molecule has 13 heavy (non-hydrogen) atoms. The predicted molar refractivity (Wildman–Crippen MR) is 42.3 cm³/mol. The summed E-state index contributed by atoms with van der Waals surface area (Å²) in [4.78, 5) is 0. The molecule has 1 fully saturated rings. The topological polar surface area (TPSA) is 79.2 Å². The first-order valence-corrected chi connectivity index (χ1v) is 3.90. The van der Waals surface area contributed by atoms with Gasteiger partial charge in [-0.05, 0) is 0 Å². The molecule has 0 aromatic rings. The zero-order valence-electron chi connectivity index (χ0n) is 7.17. The molecular weight excluding hydrogens is 176 g/mol. The molecule has 5 nitrogen and oxygen atoms in total. The molecule has 5 heteroatoms. The molecule has 4 atom stereocenters. The van der Waals surface area contributed by atoms with Crippen LogP contribution in [0.3, 0.4) is 0 Å². The van der Waals surface area contributed by atoms with Crippen LogP contribution in [0.5, 0.6) is 0 Å². The van der Waals surface area contributed by atoms with Crippen LogP contribution >= 0.6 is 0 Å². The molecular formula is C8H12O5. The summed E-state index contributed by atoms with van der Waals surface area (Å²) in [6, 6.07) is 0. The number of ether oxygens (including phenoxy) is 2. The van der Waals surface area contributed by atoms with E-state index < -0.39 is 24.6 Å². The third-order valence-corrected chi connectivity index (χ3v) is 1.78. The number of rotatable bonds is 2. The van der Waals surface area contributed by atoms with Gasteiger partial charge in [0.25, 0.3) is 0 Å². The highest BCUT2D eigenvalue weighted by molar-refractivity contribution is 4.91. The molecule has 0 saturated carbocycles. The minimum absolute atomic E-state index is 0.363. The van der Waals surface area contributed by atoms with Crippen molar-refractivity contribution in [2.24, 2.45) is 0 Å². The van der Waals surface area contributed by atoms with Crippen molar-refractivity contribution in [2.75, 3.05) is 6.61 Å². The van der Waals surface area contributed by atoms with Crippen molar-refractivity contribution in [3.63, 3.8) is 0 Å². The zero-order valence-corrected chi connectivity index (χ0v) is 7.17. The van der Waals surface area contributed by atoms with Crippen LogP contribution in [0.1, 0.15) is 6.92 Å². The third-order valence-electron chi connectivity index (χ3n) is 1.78. The third kappa shape index (κ3) is 2.11. The molecule has 1 aliphatic rings. The van der Waals surface area contributed by atoms with Crippen molar-refractivity contribution in [1.29, 1.82) is 0 Å². The van der Waals surface area contributed by atoms with Gasteiger partial charge in [0.2, 0.25) is 6.29 Å². The lowest BCUT2D eigenvalue weighted by Gasteiger charge is -2.10. The smallest absolute Gasteiger partial charge is 0.239 e. The highest BCUT2D eigenvalue weighted by Gasteiger charge is 2.43. The minimum Gasteiger partial charge on any atom is -0.411 e. The van der Waals surface area contributed by atoms with Gasteiger partial charge >= 0.3 is 0 Å². The Morgan fingerprint density at radius 1 is 1.38 bits per heavy atom. The standard InChI is InChI=1S/C8H12O5/c1-2-3-12-8-7(11)6(10)5(4-9)13-8/h5-11H,4H2,1H3/t5-,6-,7-,8-/m1/s1. The molecule has 3 N–H and O–H groups in total. The molecule has 1 saturated heterocycles. The molecule has 0 aliphatic carbocycles. The summed E-state index contributed by atoms with van der Waals surface area (Å²) in [6.45, 7) is 1.21. The maximum absolute atomic E-state index is 9.31. The van der Waals surface area contributed by atoms with Crippen LogP contribution < -0.4 is 0 Å². The van der Waals surface area contributed by atoms with Crippen LogP contribution in [0, 0.1) is 12.0 Å². The predicted octanol–water partition coefficient (Wildman–Crippen LogP) is -1.58. The molecule has 1 heterocycles. The maximum atomic E-state index is 9.31. The normalized spacial score (nSPS) is 38.2. The summed E-state index contributed by atoms with van der Waals surface area (Å²) >= 11 is 0. The van der Waals surface area contributed by atoms with Crippen molar-refractivity contribution in [3.05, 3.63) is 0 Å². The largest absolute Gasteiger partial charge is 0.411 e. The first kappa shape index (κ1) is 10.3. The Balaban J connectivity index is 2.53. The quantitative estimate of drug-likeness (QED) is 0.456. The van der Waals surface area contributed by atoms with Crippen molar-refractivity contribution < 1.29 is 24.8 Å². The molecule has 0 aromatic carbocycles. The zero-order chi connectivity index (χ0) is 9.84. The second-order valence-corrected chi connectivity index (χ2v) is 2.68. The summed E-state index contributed by atoms with van der Waals surface area (Å²) in [7, 11) is 0. The number of hydrogen-bond acceptors (Lipinski definition) is 5.